The van der Waals surface area contributed by atoms with Crippen LogP contribution in [0.25, 0.3) is 0 Å². The second-order valence-electron chi connectivity index (χ2n) is 6.80. The fraction of sp³-hybridized carbons (Fsp3) is 0.556. The third-order valence-corrected chi connectivity index (χ3v) is 4.51. The number of halogens is 1. The van der Waals surface area contributed by atoms with Crippen LogP contribution in [0, 0.1) is 11.3 Å². The van der Waals surface area contributed by atoms with Crippen molar-refractivity contribution in [1.29, 1.82) is 0 Å². The molecule has 0 saturated carbocycles. The van der Waals surface area contributed by atoms with Gasteiger partial charge in [0.05, 0.1) is 5.92 Å². The lowest BCUT2D eigenvalue weighted by molar-refractivity contribution is -0.142. The van der Waals surface area contributed by atoms with E-state index >= 15 is 0 Å². The van der Waals surface area contributed by atoms with Crippen LogP contribution in [0.3, 0.4) is 0 Å². The Hall–Kier alpha value is -1.55. The minimum atomic E-state index is -0.794. The lowest BCUT2D eigenvalue weighted by Gasteiger charge is -2.29. The maximum absolute atomic E-state index is 12.6. The Morgan fingerprint density at radius 1 is 1.26 bits per heavy atom. The summed E-state index contributed by atoms with van der Waals surface area (Å²) in [7, 11) is 0. The van der Waals surface area contributed by atoms with Crippen molar-refractivity contribution in [3.05, 3.63) is 35.9 Å². The van der Waals surface area contributed by atoms with Crippen molar-refractivity contribution in [2.75, 3.05) is 13.1 Å². The predicted octanol–water partition coefficient (Wildman–Crippen LogP) is 3.39. The summed E-state index contributed by atoms with van der Waals surface area (Å²) in [5.74, 6) is -1.11. The Bertz CT molecular complexity index is 530. The first-order chi connectivity index (χ1) is 10.4. The molecule has 1 fully saturated rings. The number of carbonyl (C=O) groups excluding carboxylic acids is 1. The average Bonchev–Trinajstić information content (AvgIpc) is 2.97. The molecule has 0 aliphatic carbocycles. The van der Waals surface area contributed by atoms with E-state index in [1.807, 2.05) is 32.0 Å². The molecule has 0 radical (unpaired) electrons. The van der Waals surface area contributed by atoms with Crippen LogP contribution in [-0.2, 0) is 16.0 Å². The van der Waals surface area contributed by atoms with Crippen LogP contribution in [0.15, 0.2) is 30.3 Å². The molecule has 23 heavy (non-hydrogen) atoms. The lowest BCUT2D eigenvalue weighted by Crippen LogP contribution is -2.40. The Morgan fingerprint density at radius 3 is 2.48 bits per heavy atom. The van der Waals surface area contributed by atoms with Crippen LogP contribution >= 0.6 is 12.4 Å². The Balaban J connectivity index is 0.00000264. The molecule has 0 bridgehead atoms. The molecule has 1 aliphatic rings. The Morgan fingerprint density at radius 2 is 1.91 bits per heavy atom. The smallest absolute Gasteiger partial charge is 0.308 e. The molecule has 1 saturated heterocycles. The third kappa shape index (κ3) is 5.24. The van der Waals surface area contributed by atoms with Crippen molar-refractivity contribution in [3.8, 4) is 0 Å². The van der Waals surface area contributed by atoms with Gasteiger partial charge in [-0.2, -0.15) is 0 Å². The van der Waals surface area contributed by atoms with E-state index in [-0.39, 0.29) is 18.3 Å². The zero-order valence-corrected chi connectivity index (χ0v) is 14.6. The number of benzene rings is 1. The van der Waals surface area contributed by atoms with Crippen molar-refractivity contribution in [2.45, 2.75) is 39.5 Å². The van der Waals surface area contributed by atoms with E-state index in [4.69, 9.17) is 5.11 Å². The summed E-state index contributed by atoms with van der Waals surface area (Å²) < 4.78 is 0. The number of hydrogen-bond donors (Lipinski definition) is 1. The van der Waals surface area contributed by atoms with Crippen LogP contribution in [-0.4, -0.2) is 35.0 Å². The topological polar surface area (TPSA) is 57.6 Å². The summed E-state index contributed by atoms with van der Waals surface area (Å²) in [4.78, 5) is 25.3. The molecular weight excluding hydrogens is 314 g/mol. The Labute approximate surface area is 144 Å². The first-order valence-corrected chi connectivity index (χ1v) is 7.96. The maximum Gasteiger partial charge on any atom is 0.308 e. The molecule has 1 aromatic carbocycles. The van der Waals surface area contributed by atoms with Crippen LogP contribution in [0.4, 0.5) is 0 Å². The third-order valence-electron chi connectivity index (χ3n) is 4.51. The number of rotatable bonds is 6. The molecule has 1 atom stereocenters. The molecule has 1 heterocycles. The van der Waals surface area contributed by atoms with Gasteiger partial charge in [0.15, 0.2) is 0 Å². The molecule has 128 valence electrons. The standard InChI is InChI=1S/C18H25NO3.ClH/c1-18(2,11-6-9-14-7-4-3-5-8-14)17(22)19-12-10-15(13-19)16(20)21;/h3-5,7-8,15H,6,9-13H2,1-2H3,(H,20,21);1H. The molecule has 1 amide bonds. The molecule has 1 aliphatic heterocycles. The van der Waals surface area contributed by atoms with E-state index in [1.54, 1.807) is 4.90 Å². The molecule has 1 unspecified atom stereocenters. The van der Waals surface area contributed by atoms with Crippen molar-refractivity contribution >= 4 is 24.3 Å². The lowest BCUT2D eigenvalue weighted by atomic mass is 9.85. The Kier molecular flexibility index (Phi) is 7.07. The van der Waals surface area contributed by atoms with Crippen molar-refractivity contribution in [1.82, 2.24) is 4.90 Å². The van der Waals surface area contributed by atoms with Gasteiger partial charge in [0, 0.05) is 18.5 Å². The summed E-state index contributed by atoms with van der Waals surface area (Å²) in [6.07, 6.45) is 3.31. The number of nitrogens with zero attached hydrogens (tertiary/aromatic N) is 1. The highest BCUT2D eigenvalue weighted by Crippen LogP contribution is 2.29. The fourth-order valence-corrected chi connectivity index (χ4v) is 3.06. The van der Waals surface area contributed by atoms with Crippen LogP contribution in [0.2, 0.25) is 0 Å². The second-order valence-corrected chi connectivity index (χ2v) is 6.80. The zero-order valence-electron chi connectivity index (χ0n) is 13.8. The van der Waals surface area contributed by atoms with Gasteiger partial charge in [0.2, 0.25) is 5.91 Å². The molecule has 5 heteroatoms. The maximum atomic E-state index is 12.6. The molecule has 1 N–H and O–H groups in total. The number of hydrogen-bond acceptors (Lipinski definition) is 2. The van der Waals surface area contributed by atoms with Crippen LogP contribution in [0.5, 0.6) is 0 Å². The summed E-state index contributed by atoms with van der Waals surface area (Å²) in [5, 5.41) is 9.05. The van der Waals surface area contributed by atoms with Crippen LogP contribution < -0.4 is 0 Å². The van der Waals surface area contributed by atoms with Gasteiger partial charge in [0.1, 0.15) is 0 Å². The number of carbonyl (C=O) groups is 2. The first-order valence-electron chi connectivity index (χ1n) is 7.96. The highest BCUT2D eigenvalue weighted by molar-refractivity contribution is 5.85. The second kappa shape index (κ2) is 8.34. The van der Waals surface area contributed by atoms with Gasteiger partial charge in [-0.1, -0.05) is 44.2 Å². The zero-order chi connectivity index (χ0) is 16.2. The van der Waals surface area contributed by atoms with Gasteiger partial charge < -0.3 is 10.0 Å². The van der Waals surface area contributed by atoms with Crippen molar-refractivity contribution in [2.24, 2.45) is 11.3 Å². The summed E-state index contributed by atoms with van der Waals surface area (Å²) in [5.41, 5.74) is 0.861. The number of carboxylic acid groups (broad SMARTS) is 1. The van der Waals surface area contributed by atoms with E-state index in [2.05, 4.69) is 12.1 Å². The summed E-state index contributed by atoms with van der Waals surface area (Å²) in [6, 6.07) is 10.3. The van der Waals surface area contributed by atoms with Gasteiger partial charge in [-0.25, -0.2) is 0 Å². The van der Waals surface area contributed by atoms with Gasteiger partial charge in [-0.3, -0.25) is 9.59 Å². The SMILES string of the molecule is CC(C)(CCCc1ccccc1)C(=O)N1CCC(C(=O)O)C1.Cl. The minimum absolute atomic E-state index is 0. The monoisotopic (exact) mass is 339 g/mol. The number of carboxylic acids is 1. The molecule has 0 spiro atoms. The van der Waals surface area contributed by atoms with Crippen molar-refractivity contribution < 1.29 is 14.7 Å². The highest BCUT2D eigenvalue weighted by atomic mass is 35.5. The van der Waals surface area contributed by atoms with Gasteiger partial charge in [-0.15, -0.1) is 12.4 Å². The quantitative estimate of drug-likeness (QED) is 0.864. The van der Waals surface area contributed by atoms with E-state index in [1.165, 1.54) is 5.56 Å². The van der Waals surface area contributed by atoms with E-state index in [0.29, 0.717) is 19.5 Å². The van der Waals surface area contributed by atoms with Gasteiger partial charge in [0.25, 0.3) is 0 Å². The van der Waals surface area contributed by atoms with E-state index in [9.17, 15) is 9.59 Å². The molecule has 4 nitrogen and oxygen atoms in total. The predicted molar refractivity (Wildman–Crippen MR) is 92.7 cm³/mol. The van der Waals surface area contributed by atoms with E-state index < -0.39 is 17.3 Å². The minimum Gasteiger partial charge on any atom is -0.481 e. The van der Waals surface area contributed by atoms with E-state index in [0.717, 1.165) is 19.3 Å². The van der Waals surface area contributed by atoms with Crippen molar-refractivity contribution in [3.63, 3.8) is 0 Å². The van der Waals surface area contributed by atoms with Gasteiger partial charge >= 0.3 is 5.97 Å². The van der Waals surface area contributed by atoms with Gasteiger partial charge in [-0.05, 0) is 31.2 Å². The fourth-order valence-electron chi connectivity index (χ4n) is 3.06. The number of aliphatic carboxylic acids is 1. The molecular formula is C18H26ClNO3. The summed E-state index contributed by atoms with van der Waals surface area (Å²) >= 11 is 0. The number of amides is 1. The molecule has 1 aromatic rings. The molecule has 0 aromatic heterocycles. The normalized spacial score (nSPS) is 17.7. The number of likely N-dealkylation sites (tertiary alicyclic amines) is 1. The van der Waals surface area contributed by atoms with Crippen LogP contribution in [0.1, 0.15) is 38.7 Å². The molecule has 2 rings (SSSR count). The summed E-state index contributed by atoms with van der Waals surface area (Å²) in [6.45, 7) is 4.86. The number of aryl methyl sites for hydroxylation is 1. The average molecular weight is 340 g/mol. The largest absolute Gasteiger partial charge is 0.481 e. The first kappa shape index (κ1) is 19.5. The highest BCUT2D eigenvalue weighted by Gasteiger charge is 2.37.